The lowest BCUT2D eigenvalue weighted by Gasteiger charge is -2.11. The average Bonchev–Trinajstić information content (AvgIpc) is 2.67. The first-order valence-electron chi connectivity index (χ1n) is 4.99. The Morgan fingerprint density at radius 2 is 2.36 bits per heavy atom. The standard InChI is InChI=1S/C11H16O3/c1-3-6-9(11(12)13-4-2)10-7-5-8-14-10/h5,7-9H,3-4,6H2,1-2H3. The van der Waals surface area contributed by atoms with Crippen molar-refractivity contribution >= 4 is 5.97 Å². The molecule has 14 heavy (non-hydrogen) atoms. The zero-order valence-electron chi connectivity index (χ0n) is 8.66. The summed E-state index contributed by atoms with van der Waals surface area (Å²) in [5.41, 5.74) is 0. The van der Waals surface area contributed by atoms with Gasteiger partial charge in [-0.3, -0.25) is 4.79 Å². The summed E-state index contributed by atoms with van der Waals surface area (Å²) in [6, 6.07) is 3.61. The minimum atomic E-state index is -0.241. The molecule has 78 valence electrons. The van der Waals surface area contributed by atoms with Crippen LogP contribution in [0, 0.1) is 0 Å². The summed E-state index contributed by atoms with van der Waals surface area (Å²) >= 11 is 0. The predicted molar refractivity (Wildman–Crippen MR) is 53.0 cm³/mol. The van der Waals surface area contributed by atoms with Crippen LogP contribution < -0.4 is 0 Å². The topological polar surface area (TPSA) is 39.4 Å². The van der Waals surface area contributed by atoms with Gasteiger partial charge in [0.25, 0.3) is 0 Å². The SMILES string of the molecule is CCCC(C(=O)OCC)c1ccco1. The van der Waals surface area contributed by atoms with Crippen LogP contribution in [0.4, 0.5) is 0 Å². The van der Waals surface area contributed by atoms with Crippen LogP contribution in [0.3, 0.4) is 0 Å². The van der Waals surface area contributed by atoms with Gasteiger partial charge in [0.2, 0.25) is 0 Å². The second-order valence-corrected chi connectivity index (χ2v) is 3.11. The fourth-order valence-electron chi connectivity index (χ4n) is 1.40. The van der Waals surface area contributed by atoms with Crippen molar-refractivity contribution in [3.63, 3.8) is 0 Å². The number of furan rings is 1. The highest BCUT2D eigenvalue weighted by atomic mass is 16.5. The lowest BCUT2D eigenvalue weighted by atomic mass is 10.0. The normalized spacial score (nSPS) is 12.4. The van der Waals surface area contributed by atoms with Crippen LogP contribution in [0.15, 0.2) is 22.8 Å². The fraction of sp³-hybridized carbons (Fsp3) is 0.545. The molecule has 0 saturated carbocycles. The summed E-state index contributed by atoms with van der Waals surface area (Å²) in [6.07, 6.45) is 3.29. The Bertz CT molecular complexity index is 264. The van der Waals surface area contributed by atoms with Crippen LogP contribution in [0.2, 0.25) is 0 Å². The average molecular weight is 196 g/mol. The smallest absolute Gasteiger partial charge is 0.316 e. The van der Waals surface area contributed by atoms with Gasteiger partial charge in [0.05, 0.1) is 12.9 Å². The fourth-order valence-corrected chi connectivity index (χ4v) is 1.40. The van der Waals surface area contributed by atoms with Crippen molar-refractivity contribution in [1.82, 2.24) is 0 Å². The van der Waals surface area contributed by atoms with Gasteiger partial charge in [-0.05, 0) is 25.5 Å². The number of hydrogen-bond acceptors (Lipinski definition) is 3. The molecule has 0 spiro atoms. The second kappa shape index (κ2) is 5.47. The third-order valence-electron chi connectivity index (χ3n) is 2.04. The summed E-state index contributed by atoms with van der Waals surface area (Å²) in [5, 5.41) is 0. The van der Waals surface area contributed by atoms with E-state index in [1.807, 2.05) is 19.9 Å². The molecule has 1 atom stereocenters. The Labute approximate surface area is 84.1 Å². The van der Waals surface area contributed by atoms with Gasteiger partial charge < -0.3 is 9.15 Å². The third kappa shape index (κ3) is 2.62. The Morgan fingerprint density at radius 1 is 1.57 bits per heavy atom. The Balaban J connectivity index is 2.69. The molecule has 1 heterocycles. The molecule has 1 rings (SSSR count). The molecule has 1 unspecified atom stereocenters. The van der Waals surface area contributed by atoms with Crippen molar-refractivity contribution < 1.29 is 13.9 Å². The second-order valence-electron chi connectivity index (χ2n) is 3.11. The maximum absolute atomic E-state index is 11.5. The summed E-state index contributed by atoms with van der Waals surface area (Å²) in [5.74, 6) is 0.268. The van der Waals surface area contributed by atoms with Crippen LogP contribution in [-0.2, 0) is 9.53 Å². The highest BCUT2D eigenvalue weighted by molar-refractivity contribution is 5.77. The first-order valence-corrected chi connectivity index (χ1v) is 4.99. The lowest BCUT2D eigenvalue weighted by Crippen LogP contribution is -2.15. The molecule has 1 aromatic rings. The number of ether oxygens (including phenoxy) is 1. The highest BCUT2D eigenvalue weighted by Gasteiger charge is 2.23. The van der Waals surface area contributed by atoms with Gasteiger partial charge in [0, 0.05) is 0 Å². The minimum Gasteiger partial charge on any atom is -0.468 e. The largest absolute Gasteiger partial charge is 0.468 e. The molecule has 3 nitrogen and oxygen atoms in total. The molecular weight excluding hydrogens is 180 g/mol. The Hall–Kier alpha value is -1.25. The van der Waals surface area contributed by atoms with E-state index in [0.717, 1.165) is 12.8 Å². The van der Waals surface area contributed by atoms with E-state index in [9.17, 15) is 4.79 Å². The molecule has 0 aliphatic carbocycles. The third-order valence-corrected chi connectivity index (χ3v) is 2.04. The summed E-state index contributed by atoms with van der Waals surface area (Å²) < 4.78 is 10.2. The molecule has 0 N–H and O–H groups in total. The van der Waals surface area contributed by atoms with Crippen molar-refractivity contribution in [3.8, 4) is 0 Å². The zero-order valence-corrected chi connectivity index (χ0v) is 8.66. The molecule has 1 aromatic heterocycles. The van der Waals surface area contributed by atoms with Crippen LogP contribution in [0.25, 0.3) is 0 Å². The van der Waals surface area contributed by atoms with Gasteiger partial charge in [-0.25, -0.2) is 0 Å². The maximum atomic E-state index is 11.5. The van der Waals surface area contributed by atoms with E-state index in [4.69, 9.17) is 9.15 Å². The monoisotopic (exact) mass is 196 g/mol. The molecule has 0 amide bonds. The molecule has 0 saturated heterocycles. The van der Waals surface area contributed by atoms with E-state index in [0.29, 0.717) is 12.4 Å². The molecule has 0 aliphatic heterocycles. The van der Waals surface area contributed by atoms with Crippen LogP contribution >= 0.6 is 0 Å². The van der Waals surface area contributed by atoms with Crippen LogP contribution in [0.5, 0.6) is 0 Å². The van der Waals surface area contributed by atoms with E-state index in [-0.39, 0.29) is 11.9 Å². The predicted octanol–water partition coefficient (Wildman–Crippen LogP) is 2.73. The van der Waals surface area contributed by atoms with Crippen molar-refractivity contribution in [1.29, 1.82) is 0 Å². The summed E-state index contributed by atoms with van der Waals surface area (Å²) in [6.45, 7) is 4.26. The first kappa shape index (κ1) is 10.8. The minimum absolute atomic E-state index is 0.190. The number of carbonyl (C=O) groups excluding carboxylic acids is 1. The Morgan fingerprint density at radius 3 is 2.86 bits per heavy atom. The number of carbonyl (C=O) groups is 1. The van der Waals surface area contributed by atoms with Gasteiger partial charge >= 0.3 is 5.97 Å². The molecule has 0 radical (unpaired) electrons. The molecule has 0 aromatic carbocycles. The first-order chi connectivity index (χ1) is 6.79. The van der Waals surface area contributed by atoms with Crippen molar-refractivity contribution in [2.45, 2.75) is 32.6 Å². The lowest BCUT2D eigenvalue weighted by molar-refractivity contribution is -0.145. The van der Waals surface area contributed by atoms with E-state index in [1.165, 1.54) is 0 Å². The van der Waals surface area contributed by atoms with E-state index >= 15 is 0 Å². The maximum Gasteiger partial charge on any atom is 0.316 e. The molecule has 3 heteroatoms. The van der Waals surface area contributed by atoms with E-state index in [1.54, 1.807) is 12.3 Å². The van der Waals surface area contributed by atoms with Gasteiger partial charge in [0.1, 0.15) is 11.7 Å². The van der Waals surface area contributed by atoms with E-state index < -0.39 is 0 Å². The van der Waals surface area contributed by atoms with Crippen molar-refractivity contribution in [3.05, 3.63) is 24.2 Å². The quantitative estimate of drug-likeness (QED) is 0.680. The van der Waals surface area contributed by atoms with Gasteiger partial charge in [-0.15, -0.1) is 0 Å². The van der Waals surface area contributed by atoms with Gasteiger partial charge in [-0.1, -0.05) is 13.3 Å². The van der Waals surface area contributed by atoms with Gasteiger partial charge in [-0.2, -0.15) is 0 Å². The molecule has 0 aliphatic rings. The Kier molecular flexibility index (Phi) is 4.23. The molecular formula is C11H16O3. The highest BCUT2D eigenvalue weighted by Crippen LogP contribution is 2.23. The number of hydrogen-bond donors (Lipinski definition) is 0. The number of esters is 1. The van der Waals surface area contributed by atoms with Crippen LogP contribution in [0.1, 0.15) is 38.4 Å². The zero-order chi connectivity index (χ0) is 10.4. The van der Waals surface area contributed by atoms with Crippen molar-refractivity contribution in [2.75, 3.05) is 6.61 Å². The van der Waals surface area contributed by atoms with Gasteiger partial charge in [0.15, 0.2) is 0 Å². The molecule has 0 fully saturated rings. The van der Waals surface area contributed by atoms with Crippen LogP contribution in [-0.4, -0.2) is 12.6 Å². The molecule has 0 bridgehead atoms. The summed E-state index contributed by atoms with van der Waals surface area (Å²) in [4.78, 5) is 11.5. The number of rotatable bonds is 5. The van der Waals surface area contributed by atoms with E-state index in [2.05, 4.69) is 0 Å². The summed E-state index contributed by atoms with van der Waals surface area (Å²) in [7, 11) is 0. The van der Waals surface area contributed by atoms with Crippen molar-refractivity contribution in [2.24, 2.45) is 0 Å².